The van der Waals surface area contributed by atoms with Crippen LogP contribution in [-0.2, 0) is 0 Å². The zero-order valence-corrected chi connectivity index (χ0v) is 26.2. The van der Waals surface area contributed by atoms with Crippen LogP contribution in [0.2, 0.25) is 0 Å². The molecule has 0 aliphatic heterocycles. The number of hydrogen-bond donors (Lipinski definition) is 0. The molecule has 10 rings (SSSR count). The average Bonchev–Trinajstić information content (AvgIpc) is 3.74. The van der Waals surface area contributed by atoms with E-state index in [0.29, 0.717) is 11.4 Å². The number of nitrogens with zero attached hydrogens (tertiary/aromatic N) is 3. The van der Waals surface area contributed by atoms with E-state index >= 15 is 0 Å². The van der Waals surface area contributed by atoms with Gasteiger partial charge in [-0.3, -0.25) is 0 Å². The largest absolute Gasteiger partial charge is 0.455 e. The molecule has 0 atom stereocenters. The van der Waals surface area contributed by atoms with Crippen molar-refractivity contribution in [2.45, 2.75) is 0 Å². The van der Waals surface area contributed by atoms with Crippen molar-refractivity contribution in [1.29, 1.82) is 0 Å². The molecule has 0 fully saturated rings. The fourth-order valence-electron chi connectivity index (χ4n) is 7.02. The van der Waals surface area contributed by atoms with E-state index in [2.05, 4.69) is 120 Å². The molecule has 0 radical (unpaired) electrons. The minimum absolute atomic E-state index is 0.640. The lowest BCUT2D eigenvalue weighted by Gasteiger charge is -2.25. The highest BCUT2D eigenvalue weighted by Gasteiger charge is 2.22. The Morgan fingerprint density at radius 1 is 0.408 bits per heavy atom. The van der Waals surface area contributed by atoms with Gasteiger partial charge in [0.15, 0.2) is 11.4 Å². The maximum absolute atomic E-state index is 6.75. The third kappa shape index (κ3) is 4.40. The van der Waals surface area contributed by atoms with Gasteiger partial charge >= 0.3 is 0 Å². The highest BCUT2D eigenvalue weighted by molar-refractivity contribution is 6.19. The molecule has 0 bridgehead atoms. The van der Waals surface area contributed by atoms with Crippen LogP contribution in [0.5, 0.6) is 0 Å². The highest BCUT2D eigenvalue weighted by Crippen LogP contribution is 2.43. The molecule has 5 nitrogen and oxygen atoms in total. The van der Waals surface area contributed by atoms with Gasteiger partial charge in [-0.1, -0.05) is 103 Å². The van der Waals surface area contributed by atoms with E-state index in [1.165, 1.54) is 0 Å². The minimum Gasteiger partial charge on any atom is -0.455 e. The van der Waals surface area contributed by atoms with Crippen molar-refractivity contribution in [3.8, 4) is 22.6 Å². The van der Waals surface area contributed by atoms with Crippen LogP contribution in [0.1, 0.15) is 0 Å². The molecule has 5 heteroatoms. The molecular weight excluding hydrogens is 603 g/mol. The lowest BCUT2D eigenvalue weighted by Crippen LogP contribution is -2.09. The zero-order chi connectivity index (χ0) is 32.3. The molecule has 49 heavy (non-hydrogen) atoms. The molecule has 10 aromatic rings. The topological polar surface area (TPSA) is 55.3 Å². The van der Waals surface area contributed by atoms with Crippen molar-refractivity contribution in [2.24, 2.45) is 0 Å². The number of anilines is 3. The number of fused-ring (bicyclic) bond motifs is 8. The number of furan rings is 2. The quantitative estimate of drug-likeness (QED) is 0.190. The number of hydrogen-bond acceptors (Lipinski definition) is 5. The van der Waals surface area contributed by atoms with E-state index in [-0.39, 0.29) is 0 Å². The smallest absolute Gasteiger partial charge is 0.180 e. The van der Waals surface area contributed by atoms with E-state index in [0.717, 1.165) is 83.1 Å². The average molecular weight is 630 g/mol. The molecule has 0 spiro atoms. The maximum Gasteiger partial charge on any atom is 0.180 e. The normalized spacial score (nSPS) is 11.7. The molecule has 3 heterocycles. The van der Waals surface area contributed by atoms with Gasteiger partial charge < -0.3 is 13.7 Å². The first-order valence-electron chi connectivity index (χ1n) is 16.3. The van der Waals surface area contributed by atoms with Gasteiger partial charge in [0, 0.05) is 55.8 Å². The van der Waals surface area contributed by atoms with Crippen molar-refractivity contribution >= 4 is 71.8 Å². The van der Waals surface area contributed by atoms with E-state index in [9.17, 15) is 0 Å². The Hall–Kier alpha value is -6.72. The Labute approximate surface area is 281 Å². The summed E-state index contributed by atoms with van der Waals surface area (Å²) in [6.45, 7) is 0. The van der Waals surface area contributed by atoms with Crippen molar-refractivity contribution in [3.05, 3.63) is 164 Å². The van der Waals surface area contributed by atoms with Gasteiger partial charge in [-0.25, -0.2) is 9.97 Å². The third-order valence-electron chi connectivity index (χ3n) is 9.26. The number of benzene rings is 7. The first kappa shape index (κ1) is 27.4. The second kappa shape index (κ2) is 10.9. The van der Waals surface area contributed by atoms with Crippen LogP contribution in [0, 0.1) is 0 Å². The fourth-order valence-corrected chi connectivity index (χ4v) is 7.02. The van der Waals surface area contributed by atoms with Crippen molar-refractivity contribution in [3.63, 3.8) is 0 Å². The van der Waals surface area contributed by atoms with Crippen LogP contribution in [0.15, 0.2) is 173 Å². The number of rotatable bonds is 5. The van der Waals surface area contributed by atoms with Crippen molar-refractivity contribution < 1.29 is 8.83 Å². The van der Waals surface area contributed by atoms with Gasteiger partial charge in [0.1, 0.15) is 28.0 Å². The summed E-state index contributed by atoms with van der Waals surface area (Å²) in [6.07, 6.45) is 0. The summed E-state index contributed by atoms with van der Waals surface area (Å²) in [5.74, 6) is 0.640. The van der Waals surface area contributed by atoms with Crippen LogP contribution in [0.4, 0.5) is 17.1 Å². The second-order valence-corrected chi connectivity index (χ2v) is 12.2. The predicted octanol–water partition coefficient (Wildman–Crippen LogP) is 12.2. The van der Waals surface area contributed by atoms with Gasteiger partial charge in [-0.2, -0.15) is 0 Å². The second-order valence-electron chi connectivity index (χ2n) is 12.2. The molecule has 0 aliphatic carbocycles. The predicted molar refractivity (Wildman–Crippen MR) is 200 cm³/mol. The monoisotopic (exact) mass is 629 g/mol. The summed E-state index contributed by atoms with van der Waals surface area (Å²) in [7, 11) is 0. The van der Waals surface area contributed by atoms with Crippen LogP contribution >= 0.6 is 0 Å². The number of para-hydroxylation sites is 3. The summed E-state index contributed by atoms with van der Waals surface area (Å²) in [6, 6.07) is 56.1. The molecule has 0 amide bonds. The van der Waals surface area contributed by atoms with E-state index in [4.69, 9.17) is 18.8 Å². The summed E-state index contributed by atoms with van der Waals surface area (Å²) in [4.78, 5) is 12.7. The number of aromatic nitrogens is 2. The van der Waals surface area contributed by atoms with Crippen molar-refractivity contribution in [1.82, 2.24) is 9.97 Å². The minimum atomic E-state index is 0.640. The van der Waals surface area contributed by atoms with Crippen LogP contribution in [-0.4, -0.2) is 9.97 Å². The molecule has 0 unspecified atom stereocenters. The molecule has 7 aromatic carbocycles. The Morgan fingerprint density at radius 2 is 1.02 bits per heavy atom. The maximum atomic E-state index is 6.75. The van der Waals surface area contributed by atoms with Gasteiger partial charge in [0.2, 0.25) is 0 Å². The Kier molecular flexibility index (Phi) is 6.11. The van der Waals surface area contributed by atoms with Crippen molar-refractivity contribution in [2.75, 3.05) is 4.90 Å². The Morgan fingerprint density at radius 3 is 1.76 bits per heavy atom. The molecule has 3 aromatic heterocycles. The van der Waals surface area contributed by atoms with E-state index in [1.54, 1.807) is 0 Å². The molecular formula is C44H27N3O2. The lowest BCUT2D eigenvalue weighted by molar-refractivity contribution is 0.667. The highest BCUT2D eigenvalue weighted by atomic mass is 16.3. The summed E-state index contributed by atoms with van der Waals surface area (Å²) in [5, 5.41) is 5.05. The standard InChI is InChI=1S/C44H27N3O2/c1-4-14-28(15-5-1)40-43-41(35-22-12-13-23-38(35)48-43)46-44(45-40)37-27-36-33-25-24-31(26-39(33)49-42(36)34-21-11-10-20-32(34)37)47(29-16-6-2-7-17-29)30-18-8-3-9-19-30/h1-27H. The van der Waals surface area contributed by atoms with Crippen LogP contribution in [0.3, 0.4) is 0 Å². The molecule has 0 N–H and O–H groups in total. The molecule has 230 valence electrons. The van der Waals surface area contributed by atoms with Crippen LogP contribution in [0.25, 0.3) is 77.4 Å². The lowest BCUT2D eigenvalue weighted by atomic mass is 9.99. The van der Waals surface area contributed by atoms with Gasteiger partial charge in [0.25, 0.3) is 0 Å². The summed E-state index contributed by atoms with van der Waals surface area (Å²) >= 11 is 0. The van der Waals surface area contributed by atoms with Gasteiger partial charge in [-0.15, -0.1) is 0 Å². The van der Waals surface area contributed by atoms with E-state index < -0.39 is 0 Å². The van der Waals surface area contributed by atoms with E-state index in [1.807, 2.05) is 48.5 Å². The summed E-state index contributed by atoms with van der Waals surface area (Å²) < 4.78 is 13.1. The Balaban J connectivity index is 1.22. The Bertz CT molecular complexity index is 2780. The van der Waals surface area contributed by atoms with Gasteiger partial charge in [-0.05, 0) is 60.0 Å². The van der Waals surface area contributed by atoms with Crippen LogP contribution < -0.4 is 4.90 Å². The molecule has 0 saturated carbocycles. The zero-order valence-electron chi connectivity index (χ0n) is 26.2. The SMILES string of the molecule is c1ccc(-c2nc(-c3cc4c5ccc(N(c6ccccc6)c6ccccc6)cc5oc4c4ccccc34)nc3c2oc2ccccc23)cc1. The molecule has 0 saturated heterocycles. The first-order chi connectivity index (χ1) is 24.3. The summed E-state index contributed by atoms with van der Waals surface area (Å²) in [5.41, 5.74) is 9.78. The fraction of sp³-hybridized carbons (Fsp3) is 0. The third-order valence-corrected chi connectivity index (χ3v) is 9.26. The first-order valence-corrected chi connectivity index (χ1v) is 16.3. The van der Waals surface area contributed by atoms with Gasteiger partial charge in [0.05, 0.1) is 0 Å². The molecule has 0 aliphatic rings.